The molecular formula is C14H18ClNO. The van der Waals surface area contributed by atoms with Gasteiger partial charge in [-0.15, -0.1) is 0 Å². The van der Waals surface area contributed by atoms with Gasteiger partial charge in [0.05, 0.1) is 11.6 Å². The van der Waals surface area contributed by atoms with Crippen LogP contribution in [0.4, 0.5) is 0 Å². The van der Waals surface area contributed by atoms with Crippen LogP contribution in [0.2, 0.25) is 5.02 Å². The molecule has 0 radical (unpaired) electrons. The van der Waals surface area contributed by atoms with Gasteiger partial charge in [-0.05, 0) is 30.4 Å². The summed E-state index contributed by atoms with van der Waals surface area (Å²) in [7, 11) is 0. The number of benzene rings is 1. The lowest BCUT2D eigenvalue weighted by Gasteiger charge is -2.15. The van der Waals surface area contributed by atoms with Gasteiger partial charge in [0.1, 0.15) is 17.4 Å². The van der Waals surface area contributed by atoms with Crippen molar-refractivity contribution in [3.63, 3.8) is 0 Å². The van der Waals surface area contributed by atoms with E-state index in [4.69, 9.17) is 21.6 Å². The number of nitrogens with zero attached hydrogens (tertiary/aromatic N) is 1. The maximum atomic E-state index is 9.00. The highest BCUT2D eigenvalue weighted by Crippen LogP contribution is 2.26. The monoisotopic (exact) mass is 251 g/mol. The number of hydrogen-bond donors (Lipinski definition) is 0. The molecule has 0 aliphatic carbocycles. The lowest BCUT2D eigenvalue weighted by molar-refractivity contribution is 0.238. The van der Waals surface area contributed by atoms with Gasteiger partial charge in [-0.25, -0.2) is 0 Å². The Labute approximate surface area is 108 Å². The average Bonchev–Trinajstić information content (AvgIpc) is 2.25. The largest absolute Gasteiger partial charge is 0.492 e. The predicted molar refractivity (Wildman–Crippen MR) is 70.3 cm³/mol. The van der Waals surface area contributed by atoms with Gasteiger partial charge < -0.3 is 4.74 Å². The number of nitriles is 1. The van der Waals surface area contributed by atoms with E-state index in [-0.39, 0.29) is 0 Å². The van der Waals surface area contributed by atoms with Gasteiger partial charge in [0.2, 0.25) is 0 Å². The van der Waals surface area contributed by atoms with Crippen molar-refractivity contribution in [2.45, 2.75) is 27.2 Å². The Bertz CT molecular complexity index is 409. The fourth-order valence-corrected chi connectivity index (χ4v) is 2.05. The molecule has 0 saturated heterocycles. The van der Waals surface area contributed by atoms with Crippen molar-refractivity contribution in [2.75, 3.05) is 6.61 Å². The summed E-state index contributed by atoms with van der Waals surface area (Å²) in [4.78, 5) is 0. The van der Waals surface area contributed by atoms with Crippen LogP contribution in [0.5, 0.6) is 5.75 Å². The molecule has 0 heterocycles. The molecule has 0 spiro atoms. The van der Waals surface area contributed by atoms with Crippen molar-refractivity contribution in [2.24, 2.45) is 11.8 Å². The molecule has 0 aromatic heterocycles. The van der Waals surface area contributed by atoms with Crippen molar-refractivity contribution in [1.29, 1.82) is 5.26 Å². The van der Waals surface area contributed by atoms with Gasteiger partial charge in [-0.3, -0.25) is 0 Å². The summed E-state index contributed by atoms with van der Waals surface area (Å²) in [5.74, 6) is 1.71. The zero-order chi connectivity index (χ0) is 12.8. The number of hydrogen-bond acceptors (Lipinski definition) is 2. The second-order valence-corrected chi connectivity index (χ2v) is 5.18. The molecule has 1 aromatic rings. The van der Waals surface area contributed by atoms with Gasteiger partial charge in [0.15, 0.2) is 0 Å². The Kier molecular flexibility index (Phi) is 5.31. The van der Waals surface area contributed by atoms with Crippen molar-refractivity contribution >= 4 is 11.6 Å². The van der Waals surface area contributed by atoms with E-state index in [9.17, 15) is 0 Å². The predicted octanol–water partition coefficient (Wildman–Crippen LogP) is 4.27. The van der Waals surface area contributed by atoms with Crippen LogP contribution < -0.4 is 4.74 Å². The lowest BCUT2D eigenvalue weighted by atomic mass is 10.00. The fraction of sp³-hybridized carbons (Fsp3) is 0.500. The van der Waals surface area contributed by atoms with E-state index in [1.54, 1.807) is 18.2 Å². The average molecular weight is 252 g/mol. The number of halogens is 1. The number of rotatable bonds is 5. The smallest absolute Gasteiger partial charge is 0.138 e. The molecule has 0 bridgehead atoms. The van der Waals surface area contributed by atoms with Crippen LogP contribution >= 0.6 is 11.6 Å². The molecule has 1 aromatic carbocycles. The minimum Gasteiger partial charge on any atom is -0.492 e. The minimum absolute atomic E-state index is 0.422. The highest BCUT2D eigenvalue weighted by atomic mass is 35.5. The normalized spacial score (nSPS) is 12.2. The Morgan fingerprint density at radius 2 is 2.06 bits per heavy atom. The number of ether oxygens (including phenoxy) is 1. The molecule has 0 fully saturated rings. The van der Waals surface area contributed by atoms with Crippen LogP contribution in [0, 0.1) is 23.2 Å². The van der Waals surface area contributed by atoms with E-state index < -0.39 is 0 Å². The molecule has 0 N–H and O–H groups in total. The summed E-state index contributed by atoms with van der Waals surface area (Å²) in [5.41, 5.74) is 0.422. The van der Waals surface area contributed by atoms with Crippen molar-refractivity contribution in [1.82, 2.24) is 0 Å². The molecule has 1 atom stereocenters. The van der Waals surface area contributed by atoms with Crippen LogP contribution in [-0.4, -0.2) is 6.61 Å². The van der Waals surface area contributed by atoms with E-state index in [1.807, 2.05) is 0 Å². The summed E-state index contributed by atoms with van der Waals surface area (Å²) >= 11 is 5.93. The van der Waals surface area contributed by atoms with Crippen LogP contribution in [-0.2, 0) is 0 Å². The second-order valence-electron chi connectivity index (χ2n) is 4.77. The fourth-order valence-electron chi connectivity index (χ4n) is 1.84. The third kappa shape index (κ3) is 4.28. The topological polar surface area (TPSA) is 33.0 Å². The lowest BCUT2D eigenvalue weighted by Crippen LogP contribution is -2.11. The molecule has 0 amide bonds. The third-order valence-corrected chi connectivity index (χ3v) is 2.80. The third-order valence-electron chi connectivity index (χ3n) is 2.48. The summed E-state index contributed by atoms with van der Waals surface area (Å²) in [5, 5.41) is 9.44. The maximum Gasteiger partial charge on any atom is 0.138 e. The highest BCUT2D eigenvalue weighted by Gasteiger charge is 2.10. The summed E-state index contributed by atoms with van der Waals surface area (Å²) in [6, 6.07) is 7.35. The van der Waals surface area contributed by atoms with Crippen LogP contribution in [0.15, 0.2) is 18.2 Å². The van der Waals surface area contributed by atoms with E-state index in [0.717, 1.165) is 6.42 Å². The van der Waals surface area contributed by atoms with Crippen LogP contribution in [0.1, 0.15) is 32.8 Å². The van der Waals surface area contributed by atoms with E-state index >= 15 is 0 Å². The molecule has 92 valence electrons. The molecule has 0 aliphatic heterocycles. The quantitative estimate of drug-likeness (QED) is 0.783. The molecule has 2 nitrogen and oxygen atoms in total. The zero-order valence-electron chi connectivity index (χ0n) is 10.5. The summed E-state index contributed by atoms with van der Waals surface area (Å²) in [6.45, 7) is 7.15. The van der Waals surface area contributed by atoms with Gasteiger partial charge in [0, 0.05) is 0 Å². The van der Waals surface area contributed by atoms with Crippen LogP contribution in [0.25, 0.3) is 0 Å². The van der Waals surface area contributed by atoms with E-state index in [1.165, 1.54) is 0 Å². The van der Waals surface area contributed by atoms with Crippen molar-refractivity contribution < 1.29 is 4.74 Å². The van der Waals surface area contributed by atoms with Gasteiger partial charge >= 0.3 is 0 Å². The van der Waals surface area contributed by atoms with Crippen molar-refractivity contribution in [3.05, 3.63) is 28.8 Å². The first-order chi connectivity index (χ1) is 8.04. The molecule has 1 rings (SSSR count). The first-order valence-corrected chi connectivity index (χ1v) is 6.23. The molecule has 1 unspecified atom stereocenters. The second kappa shape index (κ2) is 6.51. The Morgan fingerprint density at radius 3 is 2.65 bits per heavy atom. The van der Waals surface area contributed by atoms with Gasteiger partial charge in [-0.1, -0.05) is 38.4 Å². The first-order valence-electron chi connectivity index (χ1n) is 5.86. The van der Waals surface area contributed by atoms with E-state index in [2.05, 4.69) is 26.8 Å². The SMILES string of the molecule is CC(C)CC(C)COc1cccc(Cl)c1C#N. The minimum atomic E-state index is 0.422. The Hall–Kier alpha value is -1.20. The summed E-state index contributed by atoms with van der Waals surface area (Å²) in [6.07, 6.45) is 1.11. The standard InChI is InChI=1S/C14H18ClNO/c1-10(2)7-11(3)9-17-14-6-4-5-13(15)12(14)8-16/h4-6,10-11H,7,9H2,1-3H3. The molecular weight excluding hydrogens is 234 g/mol. The zero-order valence-corrected chi connectivity index (χ0v) is 11.3. The molecule has 0 aliphatic rings. The Balaban J connectivity index is 2.64. The van der Waals surface area contributed by atoms with Gasteiger partial charge in [0.25, 0.3) is 0 Å². The first kappa shape index (κ1) is 13.9. The Morgan fingerprint density at radius 1 is 1.35 bits per heavy atom. The highest BCUT2D eigenvalue weighted by molar-refractivity contribution is 6.31. The summed E-state index contributed by atoms with van der Waals surface area (Å²) < 4.78 is 5.66. The maximum absolute atomic E-state index is 9.00. The van der Waals surface area contributed by atoms with Crippen molar-refractivity contribution in [3.8, 4) is 11.8 Å². The van der Waals surface area contributed by atoms with Crippen LogP contribution in [0.3, 0.4) is 0 Å². The van der Waals surface area contributed by atoms with E-state index in [0.29, 0.717) is 34.8 Å². The van der Waals surface area contributed by atoms with Gasteiger partial charge in [-0.2, -0.15) is 5.26 Å². The molecule has 0 saturated carbocycles. The molecule has 17 heavy (non-hydrogen) atoms. The molecule has 3 heteroatoms.